The molecule has 4 nitrogen and oxygen atoms in total. The Morgan fingerprint density at radius 3 is 2.65 bits per heavy atom. The van der Waals surface area contributed by atoms with Gasteiger partial charge in [0.15, 0.2) is 5.69 Å². The van der Waals surface area contributed by atoms with Crippen LogP contribution in [0.2, 0.25) is 0 Å². The van der Waals surface area contributed by atoms with Crippen LogP contribution in [0.25, 0.3) is 0 Å². The molecule has 0 saturated heterocycles. The van der Waals surface area contributed by atoms with Crippen LogP contribution in [0.15, 0.2) is 42.6 Å². The number of anilines is 1. The molecule has 104 valence electrons. The van der Waals surface area contributed by atoms with Gasteiger partial charge < -0.3 is 10.4 Å². The van der Waals surface area contributed by atoms with Crippen LogP contribution in [-0.2, 0) is 6.42 Å². The van der Waals surface area contributed by atoms with Crippen molar-refractivity contribution < 1.29 is 9.90 Å². The first-order valence-corrected chi connectivity index (χ1v) is 6.75. The number of carbonyl (C=O) groups excluding carboxylic acids is 1. The summed E-state index contributed by atoms with van der Waals surface area (Å²) >= 11 is 0. The smallest absolute Gasteiger partial charge is 0.278 e. The molecule has 1 aromatic carbocycles. The molecular weight excluding hydrogens is 252 g/mol. The Hall–Kier alpha value is -2.36. The topological polar surface area (TPSA) is 62.2 Å². The van der Waals surface area contributed by atoms with Crippen molar-refractivity contribution >= 4 is 11.6 Å². The fraction of sp³-hybridized carbons (Fsp3) is 0.250. The highest BCUT2D eigenvalue weighted by Gasteiger charge is 2.11. The fourth-order valence-corrected chi connectivity index (χ4v) is 1.90. The number of hydrogen-bond donors (Lipinski definition) is 2. The first kappa shape index (κ1) is 14.1. The van der Waals surface area contributed by atoms with Crippen LogP contribution in [0, 0.1) is 0 Å². The largest absolute Gasteiger partial charge is 0.505 e. The summed E-state index contributed by atoms with van der Waals surface area (Å²) in [5, 5.41) is 12.3. The molecule has 20 heavy (non-hydrogen) atoms. The molecule has 0 spiro atoms. The molecule has 4 heteroatoms. The predicted octanol–water partition coefficient (Wildman–Crippen LogP) is 3.38. The van der Waals surface area contributed by atoms with E-state index in [1.807, 2.05) is 24.3 Å². The second kappa shape index (κ2) is 6.70. The molecule has 2 aromatic rings. The van der Waals surface area contributed by atoms with Crippen LogP contribution < -0.4 is 5.32 Å². The number of benzene rings is 1. The minimum Gasteiger partial charge on any atom is -0.505 e. The Labute approximate surface area is 118 Å². The van der Waals surface area contributed by atoms with Gasteiger partial charge in [0.2, 0.25) is 0 Å². The first-order valence-electron chi connectivity index (χ1n) is 6.75. The van der Waals surface area contributed by atoms with E-state index in [9.17, 15) is 9.90 Å². The molecule has 0 bridgehead atoms. The second-order valence-corrected chi connectivity index (χ2v) is 4.63. The lowest BCUT2D eigenvalue weighted by molar-refractivity contribution is 0.101. The summed E-state index contributed by atoms with van der Waals surface area (Å²) in [5.74, 6) is -0.533. The SMILES string of the molecule is CCCCc1ccc(NC(=O)c2ncccc2O)cc1. The van der Waals surface area contributed by atoms with Crippen molar-refractivity contribution in [3.63, 3.8) is 0 Å². The van der Waals surface area contributed by atoms with Crippen molar-refractivity contribution in [1.29, 1.82) is 0 Å². The van der Waals surface area contributed by atoms with E-state index in [2.05, 4.69) is 17.2 Å². The Balaban J connectivity index is 2.03. The second-order valence-electron chi connectivity index (χ2n) is 4.63. The molecule has 2 rings (SSSR count). The zero-order chi connectivity index (χ0) is 14.4. The van der Waals surface area contributed by atoms with E-state index in [1.54, 1.807) is 6.07 Å². The molecule has 0 fully saturated rings. The van der Waals surface area contributed by atoms with Gasteiger partial charge >= 0.3 is 0 Å². The maximum atomic E-state index is 12.0. The fourth-order valence-electron chi connectivity index (χ4n) is 1.90. The standard InChI is InChI=1S/C16H18N2O2/c1-2-3-5-12-7-9-13(10-8-12)18-16(20)15-14(19)6-4-11-17-15/h4,6-11,19H,2-3,5H2,1H3,(H,18,20). The number of carbonyl (C=O) groups is 1. The molecule has 2 N–H and O–H groups in total. The molecule has 0 radical (unpaired) electrons. The van der Waals surface area contributed by atoms with Gasteiger partial charge in [0.25, 0.3) is 5.91 Å². The highest BCUT2D eigenvalue weighted by Crippen LogP contribution is 2.16. The Morgan fingerprint density at radius 1 is 1.25 bits per heavy atom. The highest BCUT2D eigenvalue weighted by molar-refractivity contribution is 6.04. The van der Waals surface area contributed by atoms with E-state index in [0.717, 1.165) is 19.3 Å². The summed E-state index contributed by atoms with van der Waals surface area (Å²) < 4.78 is 0. The summed E-state index contributed by atoms with van der Waals surface area (Å²) in [4.78, 5) is 15.8. The maximum Gasteiger partial charge on any atom is 0.278 e. The maximum absolute atomic E-state index is 12.0. The van der Waals surface area contributed by atoms with Gasteiger partial charge in [0.05, 0.1) is 0 Å². The van der Waals surface area contributed by atoms with Gasteiger partial charge in [-0.1, -0.05) is 25.5 Å². The molecule has 0 aliphatic heterocycles. The van der Waals surface area contributed by atoms with Gasteiger partial charge in [0.1, 0.15) is 5.75 Å². The van der Waals surface area contributed by atoms with Crippen molar-refractivity contribution in [2.75, 3.05) is 5.32 Å². The number of nitrogens with zero attached hydrogens (tertiary/aromatic N) is 1. The number of aromatic hydroxyl groups is 1. The van der Waals surface area contributed by atoms with E-state index in [4.69, 9.17) is 0 Å². The Kier molecular flexibility index (Phi) is 4.71. The number of amides is 1. The highest BCUT2D eigenvalue weighted by atomic mass is 16.3. The number of aryl methyl sites for hydroxylation is 1. The average molecular weight is 270 g/mol. The number of hydrogen-bond acceptors (Lipinski definition) is 3. The van der Waals surface area contributed by atoms with Gasteiger partial charge in [-0.25, -0.2) is 4.98 Å². The van der Waals surface area contributed by atoms with Crippen LogP contribution in [0.4, 0.5) is 5.69 Å². The van der Waals surface area contributed by atoms with Gasteiger partial charge in [-0.05, 0) is 42.7 Å². The van der Waals surface area contributed by atoms with Crippen LogP contribution in [-0.4, -0.2) is 16.0 Å². The molecule has 0 saturated carbocycles. The van der Waals surface area contributed by atoms with Crippen molar-refractivity contribution in [2.45, 2.75) is 26.2 Å². The lowest BCUT2D eigenvalue weighted by Crippen LogP contribution is -2.13. The summed E-state index contributed by atoms with van der Waals surface area (Å²) in [6, 6.07) is 10.8. The van der Waals surface area contributed by atoms with Crippen LogP contribution in [0.1, 0.15) is 35.8 Å². The molecule has 0 aliphatic carbocycles. The zero-order valence-corrected chi connectivity index (χ0v) is 11.5. The van der Waals surface area contributed by atoms with E-state index < -0.39 is 5.91 Å². The third kappa shape index (κ3) is 3.57. The Bertz CT molecular complexity index is 579. The van der Waals surface area contributed by atoms with Gasteiger partial charge in [-0.3, -0.25) is 4.79 Å². The van der Waals surface area contributed by atoms with E-state index in [1.165, 1.54) is 17.8 Å². The minimum atomic E-state index is -0.413. The minimum absolute atomic E-state index is 0.0301. The third-order valence-corrected chi connectivity index (χ3v) is 3.03. The lowest BCUT2D eigenvalue weighted by Gasteiger charge is -2.07. The summed E-state index contributed by atoms with van der Waals surface area (Å²) in [6.07, 6.45) is 4.85. The average Bonchev–Trinajstić information content (AvgIpc) is 2.47. The van der Waals surface area contributed by atoms with Crippen molar-refractivity contribution in [3.8, 4) is 5.75 Å². The van der Waals surface area contributed by atoms with Crippen LogP contribution in [0.5, 0.6) is 5.75 Å². The molecule has 1 aromatic heterocycles. The summed E-state index contributed by atoms with van der Waals surface area (Å²) in [6.45, 7) is 2.16. The zero-order valence-electron chi connectivity index (χ0n) is 11.5. The van der Waals surface area contributed by atoms with Crippen molar-refractivity contribution in [2.24, 2.45) is 0 Å². The molecular formula is C16H18N2O2. The monoisotopic (exact) mass is 270 g/mol. The van der Waals surface area contributed by atoms with Gasteiger partial charge in [-0.2, -0.15) is 0 Å². The third-order valence-electron chi connectivity index (χ3n) is 3.03. The predicted molar refractivity (Wildman–Crippen MR) is 78.9 cm³/mol. The number of nitrogens with one attached hydrogen (secondary N) is 1. The number of rotatable bonds is 5. The van der Waals surface area contributed by atoms with Gasteiger partial charge in [-0.15, -0.1) is 0 Å². The molecule has 0 unspecified atom stereocenters. The number of aromatic nitrogens is 1. The normalized spacial score (nSPS) is 10.2. The van der Waals surface area contributed by atoms with E-state index in [-0.39, 0.29) is 11.4 Å². The quantitative estimate of drug-likeness (QED) is 0.875. The molecule has 1 heterocycles. The van der Waals surface area contributed by atoms with E-state index >= 15 is 0 Å². The van der Waals surface area contributed by atoms with Crippen LogP contribution >= 0.6 is 0 Å². The van der Waals surface area contributed by atoms with Gasteiger partial charge in [0, 0.05) is 11.9 Å². The molecule has 1 amide bonds. The number of pyridine rings is 1. The summed E-state index contributed by atoms with van der Waals surface area (Å²) in [7, 11) is 0. The Morgan fingerprint density at radius 2 is 2.00 bits per heavy atom. The first-order chi connectivity index (χ1) is 9.70. The lowest BCUT2D eigenvalue weighted by atomic mass is 10.1. The van der Waals surface area contributed by atoms with E-state index in [0.29, 0.717) is 5.69 Å². The molecule has 0 aliphatic rings. The molecule has 0 atom stereocenters. The summed E-state index contributed by atoms with van der Waals surface area (Å²) in [5.41, 5.74) is 1.98. The van der Waals surface area contributed by atoms with Crippen molar-refractivity contribution in [3.05, 3.63) is 53.9 Å². The van der Waals surface area contributed by atoms with Crippen molar-refractivity contribution in [1.82, 2.24) is 4.98 Å². The number of unbranched alkanes of at least 4 members (excludes halogenated alkanes) is 1. The van der Waals surface area contributed by atoms with Crippen LogP contribution in [0.3, 0.4) is 0 Å².